The minimum absolute atomic E-state index is 0. The fourth-order valence-corrected chi connectivity index (χ4v) is 10.4. The van der Waals surface area contributed by atoms with Gasteiger partial charge in [-0.05, 0) is 116 Å². The van der Waals surface area contributed by atoms with Crippen molar-refractivity contribution in [3.63, 3.8) is 0 Å². The fourth-order valence-electron chi connectivity index (χ4n) is 10.4. The molecule has 590 valence electrons. The number of carbonyl (C=O) groups excluding carboxylic acids is 1. The van der Waals surface area contributed by atoms with Crippen molar-refractivity contribution in [1.82, 2.24) is 29.9 Å². The second-order valence-corrected chi connectivity index (χ2v) is 24.1. The first-order valence-corrected chi connectivity index (χ1v) is 34.2. The van der Waals surface area contributed by atoms with Crippen molar-refractivity contribution in [2.24, 2.45) is 0 Å². The zero-order chi connectivity index (χ0) is 77.3. The third-order valence-corrected chi connectivity index (χ3v) is 15.5. The van der Waals surface area contributed by atoms with E-state index in [9.17, 15) is 31.9 Å². The maximum atomic E-state index is 14.2. The molecule has 4 radical (unpaired) electrons. The molecule has 0 unspecified atom stereocenters. The molecule has 11 nitrogen and oxygen atoms in total. The van der Waals surface area contributed by atoms with E-state index in [1.807, 2.05) is 249 Å². The Morgan fingerprint density at radius 1 is 0.386 bits per heavy atom. The Labute approximate surface area is 731 Å². The molecule has 0 spiro atoms. The molecule has 0 aliphatic carbocycles. The predicted octanol–water partition coefficient (Wildman–Crippen LogP) is 22.7. The number of allylic oxidation sites excluding steroid dienone is 2. The molecule has 0 aliphatic rings. The molecule has 0 atom stereocenters. The summed E-state index contributed by atoms with van der Waals surface area (Å²) in [6.45, 7) is 6.80. The molecule has 0 aliphatic heterocycles. The second-order valence-electron chi connectivity index (χ2n) is 24.1. The molecular weight excluding hydrogens is 2340 g/mol. The molecule has 0 amide bonds. The van der Waals surface area contributed by atoms with Gasteiger partial charge in [0, 0.05) is 228 Å². The van der Waals surface area contributed by atoms with Crippen molar-refractivity contribution in [2.45, 2.75) is 27.7 Å². The topological polar surface area (TPSA) is 141 Å². The average Bonchev–Trinajstić information content (AvgIpc) is 0.795. The minimum Gasteiger partial charge on any atom is -0.512 e. The van der Waals surface area contributed by atoms with Crippen LogP contribution in [-0.2, 0) is 106 Å². The quantitative estimate of drug-likeness (QED) is 0.0523. The van der Waals surface area contributed by atoms with Crippen molar-refractivity contribution in [2.75, 3.05) is 23.9 Å². The van der Waals surface area contributed by atoms with E-state index in [2.05, 4.69) is 73.2 Å². The van der Waals surface area contributed by atoms with Gasteiger partial charge in [0.05, 0.1) is 5.76 Å². The van der Waals surface area contributed by atoms with Crippen LogP contribution < -0.4 is 9.80 Å². The van der Waals surface area contributed by atoms with Crippen LogP contribution in [0.4, 0.5) is 44.7 Å². The van der Waals surface area contributed by atoms with E-state index in [1.54, 1.807) is 61.4 Å². The Balaban J connectivity index is 0.000000286. The Morgan fingerprint density at radius 2 is 0.825 bits per heavy atom. The number of hydrogen-bond acceptors (Lipinski definition) is 11. The number of para-hydroxylation sites is 3. The molecule has 114 heavy (non-hydrogen) atoms. The van der Waals surface area contributed by atoms with E-state index in [4.69, 9.17) is 5.11 Å². The van der Waals surface area contributed by atoms with Gasteiger partial charge in [-0.15, -0.1) is 114 Å². The summed E-state index contributed by atoms with van der Waals surface area (Å²) in [5, 5.41) is 17.9. The van der Waals surface area contributed by atoms with Gasteiger partial charge < -0.3 is 39.9 Å². The Morgan fingerprint density at radius 3 is 1.27 bits per heavy atom. The molecular formula is C93H74F5Ir4N8O3Pt-5. The molecule has 9 aromatic carbocycles. The number of carbonyl (C=O) groups is 1. The van der Waals surface area contributed by atoms with Gasteiger partial charge in [0.25, 0.3) is 0 Å². The third-order valence-electron chi connectivity index (χ3n) is 15.5. The number of ketones is 1. The van der Waals surface area contributed by atoms with Crippen molar-refractivity contribution in [3.05, 3.63) is 405 Å². The largest absolute Gasteiger partial charge is 0.512 e. The normalized spacial score (nSPS) is 9.87. The van der Waals surface area contributed by atoms with Crippen LogP contribution in [0.25, 0.3) is 78.7 Å². The molecule has 0 bridgehead atoms. The summed E-state index contributed by atoms with van der Waals surface area (Å²) in [5.74, 6) is -2.65. The van der Waals surface area contributed by atoms with Gasteiger partial charge >= 0.3 is 0 Å². The van der Waals surface area contributed by atoms with Crippen LogP contribution in [0.3, 0.4) is 0 Å². The number of phenols is 1. The fraction of sp³-hybridized carbons (Fsp3) is 0.0645. The van der Waals surface area contributed by atoms with E-state index >= 15 is 0 Å². The van der Waals surface area contributed by atoms with Gasteiger partial charge in [-0.3, -0.25) is 36.7 Å². The number of aryl methyl sites for hydroxylation is 2. The van der Waals surface area contributed by atoms with Crippen LogP contribution in [-0.4, -0.2) is 60.0 Å². The summed E-state index contributed by atoms with van der Waals surface area (Å²) in [6.07, 6.45) is 11.5. The molecule has 21 heteroatoms. The first kappa shape index (κ1) is 95.8. The molecule has 15 aromatic rings. The SMILES string of the molecule is CC(=O)C=C(C)O.CN(C)c1ccnc(-c2[c-]cc(F)cc2)c1.Cc1cc[c-]c(-c2ccccn2)c1.Cc1ccnc(-c2[c-]cc(F)cc2F)c1.Fc1c[c-]c(-c2cc(N(c3ccccc3)c3ccccc3)ccn2)c(F)c1.Oc1ccccc1-c1ccccc1.[Ir].[Ir].[Ir].[Ir].[Pt].[c-]1c(-c2ccccn2)cccc1-c1ccccn1. The number of rotatable bonds is 12. The summed E-state index contributed by atoms with van der Waals surface area (Å²) in [4.78, 5) is 39.5. The molecule has 15 rings (SSSR count). The zero-order valence-corrected chi connectivity index (χ0v) is 73.9. The van der Waals surface area contributed by atoms with Gasteiger partial charge in [-0.2, -0.15) is 0 Å². The number of benzene rings is 9. The van der Waals surface area contributed by atoms with Crippen LogP contribution in [0.1, 0.15) is 25.0 Å². The number of aliphatic hydroxyl groups excluding tert-OH is 1. The van der Waals surface area contributed by atoms with Gasteiger partial charge in [0.15, 0.2) is 5.78 Å². The van der Waals surface area contributed by atoms with E-state index in [1.165, 1.54) is 37.6 Å². The number of pyridine rings is 6. The summed E-state index contributed by atoms with van der Waals surface area (Å²) in [7, 11) is 3.93. The number of aromatic hydroxyl groups is 1. The van der Waals surface area contributed by atoms with E-state index in [-0.39, 0.29) is 130 Å². The maximum Gasteiger partial charge on any atom is 0.155 e. The van der Waals surface area contributed by atoms with Crippen LogP contribution in [0.15, 0.2) is 334 Å². The number of halogens is 5. The summed E-state index contributed by atoms with van der Waals surface area (Å²) >= 11 is 0. The number of aliphatic hydroxyl groups is 1. The number of phenolic OH excluding ortho intramolecular Hbond substituents is 1. The van der Waals surface area contributed by atoms with E-state index in [0.717, 1.165) is 109 Å². The number of hydrogen-bond donors (Lipinski definition) is 2. The molecule has 6 heterocycles. The van der Waals surface area contributed by atoms with Crippen molar-refractivity contribution >= 4 is 28.5 Å². The standard InChI is InChI=1S/C23H15F2N2.C16H11N2.C13H12FN2.C12H8F2N.C12H10N.C12H10O.C5H8O2.4Ir.Pt/c24-17-11-12-21(22(25)15-17)23-16-20(13-14-26-23)27(18-7-3-1-4-8-18)19-9-5-2-6-10-19;1-3-10-17-15(8-1)13-6-5-7-14(12-13)16-9-2-4-11-18-16;1-16(2)12-7-8-15-13(9-12)10-3-5-11(14)6-4-10;1-8-4-5-15-12(6-8)10-3-2-9(13)7-11(10)14;1-10-5-4-6-11(9-10)12-7-2-3-8-13-12;13-12-9-5-4-8-11(12)10-6-2-1-3-7-10;1-4(6)3-5(2)7;;;;;/h1-11,13-16H;1-11H;3,5-9H,1-2H3;2,4-7H,1H3;2-5,7-9H,1H3;1-9,13H;3,6H,1-2H3;;;;;/q5*-1;;;;;;;. The Hall–Kier alpha value is -10.6. The van der Waals surface area contributed by atoms with Gasteiger partial charge in [-0.25, -0.2) is 0 Å². The summed E-state index contributed by atoms with van der Waals surface area (Å²) < 4.78 is 66.2. The van der Waals surface area contributed by atoms with Gasteiger partial charge in [0.2, 0.25) is 0 Å². The van der Waals surface area contributed by atoms with E-state index < -0.39 is 23.3 Å². The third kappa shape index (κ3) is 30.7. The summed E-state index contributed by atoms with van der Waals surface area (Å²) in [5.41, 5.74) is 16.6. The second kappa shape index (κ2) is 50.5. The first-order chi connectivity index (χ1) is 52.8. The minimum atomic E-state index is -0.689. The van der Waals surface area contributed by atoms with Crippen molar-refractivity contribution < 1.29 is 138 Å². The van der Waals surface area contributed by atoms with Crippen LogP contribution in [0.5, 0.6) is 5.75 Å². The Kier molecular flexibility index (Phi) is 42.4. The summed E-state index contributed by atoms with van der Waals surface area (Å²) in [6, 6.07) is 100. The average molecular weight is 2410 g/mol. The first-order valence-electron chi connectivity index (χ1n) is 34.2. The molecule has 0 saturated heterocycles. The maximum absolute atomic E-state index is 14.2. The van der Waals surface area contributed by atoms with Crippen LogP contribution in [0, 0.1) is 73.3 Å². The number of anilines is 4. The molecule has 0 saturated carbocycles. The number of aromatic nitrogens is 6. The van der Waals surface area contributed by atoms with Crippen molar-refractivity contribution in [1.29, 1.82) is 0 Å². The molecule has 2 N–H and O–H groups in total. The molecule has 0 fully saturated rings. The zero-order valence-electron chi connectivity index (χ0n) is 62.1. The van der Waals surface area contributed by atoms with Crippen molar-refractivity contribution in [3.8, 4) is 84.4 Å². The Bertz CT molecular complexity index is 5280. The monoisotopic (exact) mass is 2410 g/mol. The van der Waals surface area contributed by atoms with Gasteiger partial charge in [0.1, 0.15) is 5.75 Å². The van der Waals surface area contributed by atoms with Crippen LogP contribution >= 0.6 is 0 Å². The molecule has 6 aromatic heterocycles. The predicted molar refractivity (Wildman–Crippen MR) is 425 cm³/mol. The van der Waals surface area contributed by atoms with Crippen LogP contribution in [0.2, 0.25) is 0 Å². The number of nitrogens with zero attached hydrogens (tertiary/aromatic N) is 8. The van der Waals surface area contributed by atoms with Gasteiger partial charge in [-0.1, -0.05) is 186 Å². The van der Waals surface area contributed by atoms with E-state index in [0.29, 0.717) is 17.1 Å². The smallest absolute Gasteiger partial charge is 0.155 e.